The fourth-order valence-corrected chi connectivity index (χ4v) is 5.28. The minimum absolute atomic E-state index is 0. The lowest BCUT2D eigenvalue weighted by atomic mass is 9.98. The van der Waals surface area contributed by atoms with E-state index in [-0.39, 0.29) is 30.8 Å². The molecule has 0 aromatic heterocycles. The highest BCUT2D eigenvalue weighted by Gasteiger charge is 2.38. The van der Waals surface area contributed by atoms with Crippen LogP contribution in [0, 0.1) is 5.92 Å². The number of nitrogens with two attached hydrogens (primary N) is 1. The second-order valence-corrected chi connectivity index (χ2v) is 10.8. The molecule has 1 aliphatic heterocycles. The van der Waals surface area contributed by atoms with Gasteiger partial charge in [0, 0.05) is 25.7 Å². The number of hydrazone groups is 1. The third kappa shape index (κ3) is 10.2. The first-order valence-corrected chi connectivity index (χ1v) is 14.3. The van der Waals surface area contributed by atoms with Crippen LogP contribution in [0.4, 0.5) is 4.79 Å². The van der Waals surface area contributed by atoms with Crippen LogP contribution in [0.3, 0.4) is 0 Å². The normalized spacial score (nSPS) is 17.0. The van der Waals surface area contributed by atoms with E-state index in [1.807, 2.05) is 65.6 Å². The summed E-state index contributed by atoms with van der Waals surface area (Å²) >= 11 is 0. The Kier molecular flexibility index (Phi) is 12.6. The zero-order valence-electron chi connectivity index (χ0n) is 23.9. The van der Waals surface area contributed by atoms with E-state index in [0.29, 0.717) is 25.9 Å². The Hall–Kier alpha value is -4.32. The molecule has 2 aromatic carbocycles. The summed E-state index contributed by atoms with van der Waals surface area (Å²) in [5.74, 6) is 3.29. The molecule has 4 rings (SSSR count). The van der Waals surface area contributed by atoms with Crippen LogP contribution in [0.5, 0.6) is 0 Å². The summed E-state index contributed by atoms with van der Waals surface area (Å²) in [6.45, 7) is 1.43. The molecule has 2 atom stereocenters. The number of rotatable bonds is 13. The third-order valence-corrected chi connectivity index (χ3v) is 7.48. The largest absolute Gasteiger partial charge is 0.480 e. The van der Waals surface area contributed by atoms with Gasteiger partial charge in [-0.15, -0.1) is 12.4 Å². The van der Waals surface area contributed by atoms with E-state index in [9.17, 15) is 24.3 Å². The summed E-state index contributed by atoms with van der Waals surface area (Å²) in [5, 5.41) is 21.5. The maximum absolute atomic E-state index is 13.6. The Morgan fingerprint density at radius 3 is 2.19 bits per heavy atom. The number of hydrogen-bond acceptors (Lipinski definition) is 6. The zero-order chi connectivity index (χ0) is 29.9. The molecule has 12 nitrogen and oxygen atoms in total. The molecule has 1 saturated carbocycles. The number of urea groups is 1. The number of nitrogens with one attached hydrogen (secondary N) is 3. The number of benzene rings is 2. The fraction of sp³-hybridized carbons (Fsp3) is 0.433. The van der Waals surface area contributed by atoms with Gasteiger partial charge in [0.25, 0.3) is 0 Å². The van der Waals surface area contributed by atoms with E-state index in [1.54, 1.807) is 6.34 Å². The summed E-state index contributed by atoms with van der Waals surface area (Å²) < 4.78 is 0. The van der Waals surface area contributed by atoms with E-state index in [1.165, 1.54) is 4.90 Å². The minimum Gasteiger partial charge on any atom is -0.480 e. The van der Waals surface area contributed by atoms with Crippen molar-refractivity contribution in [1.82, 2.24) is 25.8 Å². The van der Waals surface area contributed by atoms with E-state index in [2.05, 4.69) is 21.1 Å². The van der Waals surface area contributed by atoms with Gasteiger partial charge in [-0.3, -0.25) is 14.4 Å². The Morgan fingerprint density at radius 1 is 1.00 bits per heavy atom. The summed E-state index contributed by atoms with van der Waals surface area (Å²) in [6.07, 6.45) is 4.48. The highest BCUT2D eigenvalue weighted by Crippen LogP contribution is 2.28. The van der Waals surface area contributed by atoms with E-state index >= 15 is 0 Å². The van der Waals surface area contributed by atoms with E-state index in [0.717, 1.165) is 30.5 Å². The van der Waals surface area contributed by atoms with Gasteiger partial charge in [0.1, 0.15) is 18.9 Å². The molecule has 1 heterocycles. The number of carbonyl (C=O) groups excluding carboxylic acids is 3. The number of aliphatic carboxylic acids is 1. The number of hydrogen-bond donors (Lipinski definition) is 5. The lowest BCUT2D eigenvalue weighted by molar-refractivity contribution is -0.146. The fourth-order valence-electron chi connectivity index (χ4n) is 5.28. The highest BCUT2D eigenvalue weighted by atomic mass is 35.5. The molecule has 2 aliphatic rings. The predicted octanol–water partition coefficient (Wildman–Crippen LogP) is 2.06. The van der Waals surface area contributed by atoms with Gasteiger partial charge in [0.15, 0.2) is 0 Å². The molecule has 0 bridgehead atoms. The lowest BCUT2D eigenvalue weighted by Gasteiger charge is -2.31. The van der Waals surface area contributed by atoms with Gasteiger partial charge >= 0.3 is 12.0 Å². The van der Waals surface area contributed by atoms with Crippen molar-refractivity contribution in [3.63, 3.8) is 0 Å². The second-order valence-electron chi connectivity index (χ2n) is 10.8. The van der Waals surface area contributed by atoms with Crippen molar-refractivity contribution in [1.29, 1.82) is 0 Å². The first kappa shape index (κ1) is 33.2. The summed E-state index contributed by atoms with van der Waals surface area (Å²) in [6, 6.07) is 16.2. The van der Waals surface area contributed by atoms with Gasteiger partial charge in [-0.1, -0.05) is 60.7 Å². The topological polar surface area (TPSA) is 169 Å². The minimum atomic E-state index is -1.25. The van der Waals surface area contributed by atoms with Crippen molar-refractivity contribution in [3.05, 3.63) is 71.8 Å². The number of halogens is 1. The monoisotopic (exact) mass is 613 g/mol. The summed E-state index contributed by atoms with van der Waals surface area (Å²) in [4.78, 5) is 54.8. The smallest absolute Gasteiger partial charge is 0.323 e. The molecule has 232 valence electrons. The zero-order valence-corrected chi connectivity index (χ0v) is 24.7. The average Bonchev–Trinajstić information content (AvgIpc) is 3.84. The quantitative estimate of drug-likeness (QED) is 0.0996. The van der Waals surface area contributed by atoms with Crippen LogP contribution in [-0.4, -0.2) is 83.3 Å². The van der Waals surface area contributed by atoms with E-state index in [4.69, 9.17) is 5.84 Å². The number of piperidine rings is 1. The van der Waals surface area contributed by atoms with Gasteiger partial charge in [-0.2, -0.15) is 5.10 Å². The molecule has 1 saturated heterocycles. The van der Waals surface area contributed by atoms with Crippen molar-refractivity contribution < 1.29 is 24.3 Å². The maximum atomic E-state index is 13.6. The predicted molar refractivity (Wildman–Crippen MR) is 164 cm³/mol. The molecule has 0 radical (unpaired) electrons. The molecule has 0 unspecified atom stereocenters. The average molecular weight is 614 g/mol. The summed E-state index contributed by atoms with van der Waals surface area (Å²) in [5.41, 5.74) is 1.68. The SMILES string of the molecule is Cl.NN=CN1CCC[C@@H](CNC(=O)C[C@H](NC(=O)NC(c2ccccc2)c2ccccc2)C(=O)N(CC(=O)O)C2CC2)C1. The van der Waals surface area contributed by atoms with Crippen LogP contribution in [-0.2, 0) is 14.4 Å². The van der Waals surface area contributed by atoms with Crippen LogP contribution in [0.25, 0.3) is 0 Å². The second kappa shape index (κ2) is 16.4. The van der Waals surface area contributed by atoms with Crippen LogP contribution in [0.1, 0.15) is 49.3 Å². The van der Waals surface area contributed by atoms with Crippen LogP contribution in [0.2, 0.25) is 0 Å². The number of nitrogens with zero attached hydrogens (tertiary/aromatic N) is 3. The van der Waals surface area contributed by atoms with Crippen molar-refractivity contribution in [2.45, 2.75) is 50.2 Å². The van der Waals surface area contributed by atoms with Crippen molar-refractivity contribution in [2.24, 2.45) is 16.9 Å². The molecule has 13 heteroatoms. The molecule has 0 spiro atoms. The number of carboxylic acids is 1. The number of carboxylic acid groups (broad SMARTS) is 1. The Labute approximate surface area is 257 Å². The molecule has 2 aromatic rings. The molecule has 1 aliphatic carbocycles. The first-order chi connectivity index (χ1) is 20.3. The molecule has 4 amide bonds. The number of carbonyl (C=O) groups is 4. The van der Waals surface area contributed by atoms with Gasteiger partial charge in [-0.25, -0.2) is 4.79 Å². The van der Waals surface area contributed by atoms with Crippen LogP contribution < -0.4 is 21.8 Å². The standard InChI is InChI=1S/C30H39N7O5.ClH/c31-33-20-36-15-7-8-21(18-36)17-32-26(38)16-25(29(41)37(19-27(39)40)24-13-14-24)34-30(42)35-28(22-9-3-1-4-10-22)23-11-5-2-6-12-23;/h1-6,9-12,20-21,24-25,28H,7-8,13-19,31H2,(H,32,38)(H,39,40)(H2,34,35,42);1H/t21-,25-;/m0./s1. The van der Waals surface area contributed by atoms with Crippen molar-refractivity contribution in [3.8, 4) is 0 Å². The maximum Gasteiger partial charge on any atom is 0.323 e. The molecular weight excluding hydrogens is 574 g/mol. The Morgan fingerprint density at radius 2 is 1.63 bits per heavy atom. The third-order valence-electron chi connectivity index (χ3n) is 7.48. The Bertz CT molecular complexity index is 1210. The molecular formula is C30H40ClN7O5. The Balaban J connectivity index is 0.00000506. The highest BCUT2D eigenvalue weighted by molar-refractivity contribution is 5.93. The van der Waals surface area contributed by atoms with Crippen molar-refractivity contribution >= 4 is 42.6 Å². The van der Waals surface area contributed by atoms with Gasteiger partial charge in [0.05, 0.1) is 12.5 Å². The van der Waals surface area contributed by atoms with Crippen molar-refractivity contribution in [2.75, 3.05) is 26.2 Å². The van der Waals surface area contributed by atoms with Gasteiger partial charge in [-0.05, 0) is 42.7 Å². The van der Waals surface area contributed by atoms with Crippen LogP contribution >= 0.6 is 12.4 Å². The summed E-state index contributed by atoms with van der Waals surface area (Å²) in [7, 11) is 0. The van der Waals surface area contributed by atoms with Gasteiger partial charge < -0.3 is 36.7 Å². The van der Waals surface area contributed by atoms with Crippen LogP contribution in [0.15, 0.2) is 65.8 Å². The lowest BCUT2D eigenvalue weighted by Crippen LogP contribution is -2.54. The molecule has 2 fully saturated rings. The molecule has 6 N–H and O–H groups in total. The number of amides is 4. The first-order valence-electron chi connectivity index (χ1n) is 14.3. The van der Waals surface area contributed by atoms with E-state index < -0.39 is 42.4 Å². The molecule has 43 heavy (non-hydrogen) atoms. The number of likely N-dealkylation sites (tertiary alicyclic amines) is 1. The van der Waals surface area contributed by atoms with Gasteiger partial charge in [0.2, 0.25) is 11.8 Å².